The minimum Gasteiger partial charge on any atom is -0.384 e. The molecule has 1 atom stereocenters. The summed E-state index contributed by atoms with van der Waals surface area (Å²) in [6, 6.07) is 21.0. The summed E-state index contributed by atoms with van der Waals surface area (Å²) in [7, 11) is 0. The monoisotopic (exact) mass is 317 g/mol. The summed E-state index contributed by atoms with van der Waals surface area (Å²) in [6.45, 7) is 2.99. The molecule has 0 aliphatic heterocycles. The van der Waals surface area contributed by atoms with Gasteiger partial charge in [-0.05, 0) is 24.0 Å². The summed E-state index contributed by atoms with van der Waals surface area (Å²) in [6.07, 6.45) is 2.45. The summed E-state index contributed by atoms with van der Waals surface area (Å²) in [5.41, 5.74) is 10.1. The molecular formula is C21H23N3. The Morgan fingerprint density at radius 3 is 2.29 bits per heavy atom. The van der Waals surface area contributed by atoms with E-state index in [-0.39, 0.29) is 5.92 Å². The van der Waals surface area contributed by atoms with Crippen molar-refractivity contribution in [3.8, 4) is 0 Å². The van der Waals surface area contributed by atoms with Crippen LogP contribution in [0.15, 0.2) is 60.7 Å². The molecule has 3 aromatic rings. The van der Waals surface area contributed by atoms with Crippen molar-refractivity contribution in [1.82, 2.24) is 9.55 Å². The molecule has 1 saturated carbocycles. The summed E-state index contributed by atoms with van der Waals surface area (Å²) < 4.78 is 2.22. The van der Waals surface area contributed by atoms with Crippen molar-refractivity contribution in [2.45, 2.75) is 38.1 Å². The molecule has 122 valence electrons. The lowest BCUT2D eigenvalue weighted by Gasteiger charge is -2.12. The normalized spacial score (nSPS) is 15.4. The van der Waals surface area contributed by atoms with Gasteiger partial charge in [-0.3, -0.25) is 0 Å². The van der Waals surface area contributed by atoms with Gasteiger partial charge in [-0.15, -0.1) is 0 Å². The third-order valence-corrected chi connectivity index (χ3v) is 4.90. The molecule has 0 bridgehead atoms. The molecule has 2 aromatic carbocycles. The van der Waals surface area contributed by atoms with Gasteiger partial charge in [0.1, 0.15) is 11.6 Å². The van der Waals surface area contributed by atoms with Crippen molar-refractivity contribution < 1.29 is 0 Å². The van der Waals surface area contributed by atoms with Gasteiger partial charge in [0, 0.05) is 11.8 Å². The molecule has 1 aliphatic rings. The van der Waals surface area contributed by atoms with Gasteiger partial charge in [-0.25, -0.2) is 4.98 Å². The summed E-state index contributed by atoms with van der Waals surface area (Å²) in [4.78, 5) is 4.98. The first-order valence-electron chi connectivity index (χ1n) is 8.68. The number of nitrogens with two attached hydrogens (primary N) is 1. The molecule has 1 fully saturated rings. The maximum Gasteiger partial charge on any atom is 0.127 e. The molecule has 0 saturated heterocycles. The molecule has 24 heavy (non-hydrogen) atoms. The smallest absolute Gasteiger partial charge is 0.127 e. The van der Waals surface area contributed by atoms with E-state index in [0.717, 1.165) is 23.9 Å². The number of benzene rings is 2. The molecular weight excluding hydrogens is 294 g/mol. The fraction of sp³-hybridized carbons (Fsp3) is 0.286. The van der Waals surface area contributed by atoms with Gasteiger partial charge in [0.2, 0.25) is 0 Å². The molecule has 1 heterocycles. The largest absolute Gasteiger partial charge is 0.384 e. The van der Waals surface area contributed by atoms with Gasteiger partial charge in [0.15, 0.2) is 0 Å². The summed E-state index contributed by atoms with van der Waals surface area (Å²) in [5, 5.41) is 0. The zero-order valence-corrected chi connectivity index (χ0v) is 14.0. The first-order valence-corrected chi connectivity index (χ1v) is 8.68. The predicted octanol–water partition coefficient (Wildman–Crippen LogP) is 4.54. The Morgan fingerprint density at radius 2 is 1.67 bits per heavy atom. The average Bonchev–Trinajstić information content (AvgIpc) is 3.42. The lowest BCUT2D eigenvalue weighted by atomic mass is 9.98. The average molecular weight is 317 g/mol. The molecule has 3 nitrogen and oxygen atoms in total. The quantitative estimate of drug-likeness (QED) is 0.750. The lowest BCUT2D eigenvalue weighted by Crippen LogP contribution is -2.09. The molecule has 1 aliphatic carbocycles. The van der Waals surface area contributed by atoms with Crippen LogP contribution in [0.4, 0.5) is 5.82 Å². The number of anilines is 1. The molecule has 1 unspecified atom stereocenters. The van der Waals surface area contributed by atoms with E-state index < -0.39 is 0 Å². The number of hydrogen-bond donors (Lipinski definition) is 1. The molecule has 2 N–H and O–H groups in total. The Hall–Kier alpha value is -2.55. The van der Waals surface area contributed by atoms with Crippen LogP contribution in [0.3, 0.4) is 0 Å². The van der Waals surface area contributed by atoms with E-state index in [1.807, 2.05) is 12.1 Å². The molecule has 3 heteroatoms. The van der Waals surface area contributed by atoms with E-state index in [4.69, 9.17) is 10.7 Å². The van der Waals surface area contributed by atoms with Crippen LogP contribution in [-0.4, -0.2) is 9.55 Å². The van der Waals surface area contributed by atoms with Crippen LogP contribution in [0.1, 0.15) is 54.2 Å². The molecule has 0 amide bonds. The van der Waals surface area contributed by atoms with Gasteiger partial charge in [0.05, 0.1) is 12.2 Å². The number of hydrogen-bond acceptors (Lipinski definition) is 2. The van der Waals surface area contributed by atoms with Gasteiger partial charge in [-0.1, -0.05) is 67.6 Å². The zero-order chi connectivity index (χ0) is 16.5. The number of rotatable bonds is 5. The first-order chi connectivity index (χ1) is 11.7. The van der Waals surface area contributed by atoms with Crippen molar-refractivity contribution in [1.29, 1.82) is 0 Å². The predicted molar refractivity (Wildman–Crippen MR) is 98.1 cm³/mol. The minimum atomic E-state index is 0.209. The van der Waals surface area contributed by atoms with Crippen LogP contribution < -0.4 is 5.73 Å². The number of aromatic nitrogens is 2. The van der Waals surface area contributed by atoms with Crippen LogP contribution >= 0.6 is 0 Å². The minimum absolute atomic E-state index is 0.209. The maximum absolute atomic E-state index is 6.56. The summed E-state index contributed by atoms with van der Waals surface area (Å²) >= 11 is 0. The van der Waals surface area contributed by atoms with Crippen LogP contribution in [-0.2, 0) is 6.54 Å². The lowest BCUT2D eigenvalue weighted by molar-refractivity contribution is 0.734. The van der Waals surface area contributed by atoms with Gasteiger partial charge >= 0.3 is 0 Å². The van der Waals surface area contributed by atoms with E-state index in [2.05, 4.69) is 60.0 Å². The highest BCUT2D eigenvalue weighted by molar-refractivity contribution is 5.46. The second-order valence-electron chi connectivity index (χ2n) is 6.72. The zero-order valence-electron chi connectivity index (χ0n) is 14.0. The summed E-state index contributed by atoms with van der Waals surface area (Å²) in [5.74, 6) is 2.76. The van der Waals surface area contributed by atoms with E-state index in [1.54, 1.807) is 0 Å². The third kappa shape index (κ3) is 2.82. The third-order valence-electron chi connectivity index (χ3n) is 4.90. The second kappa shape index (κ2) is 6.16. The maximum atomic E-state index is 6.56. The van der Waals surface area contributed by atoms with Crippen molar-refractivity contribution in [3.63, 3.8) is 0 Å². The highest BCUT2D eigenvalue weighted by Gasteiger charge is 2.32. The highest BCUT2D eigenvalue weighted by Crippen LogP contribution is 2.42. The number of nitrogens with zero attached hydrogens (tertiary/aromatic N) is 2. The molecule has 1 aromatic heterocycles. The van der Waals surface area contributed by atoms with Gasteiger partial charge < -0.3 is 10.3 Å². The number of nitrogen functional groups attached to an aromatic ring is 1. The first kappa shape index (κ1) is 15.0. The van der Waals surface area contributed by atoms with Crippen LogP contribution in [0.2, 0.25) is 0 Å². The van der Waals surface area contributed by atoms with E-state index in [1.165, 1.54) is 24.0 Å². The SMILES string of the molecule is CC(c1ccccc1)c1nc(C2CC2)n(Cc2ccccc2)c1N. The molecule has 4 rings (SSSR count). The van der Waals surface area contributed by atoms with Crippen LogP contribution in [0, 0.1) is 0 Å². The van der Waals surface area contributed by atoms with Crippen molar-refractivity contribution >= 4 is 5.82 Å². The van der Waals surface area contributed by atoms with Crippen molar-refractivity contribution in [2.24, 2.45) is 0 Å². The van der Waals surface area contributed by atoms with E-state index in [0.29, 0.717) is 5.92 Å². The Morgan fingerprint density at radius 1 is 1.04 bits per heavy atom. The standard InChI is InChI=1S/C21H23N3/c1-15(17-10-6-3-7-11-17)19-20(22)24(21(23-19)18-12-13-18)14-16-8-4-2-5-9-16/h2-11,15,18H,12-14,22H2,1H3. The van der Waals surface area contributed by atoms with E-state index in [9.17, 15) is 0 Å². The van der Waals surface area contributed by atoms with Gasteiger partial charge in [0.25, 0.3) is 0 Å². The van der Waals surface area contributed by atoms with Gasteiger partial charge in [-0.2, -0.15) is 0 Å². The molecule has 0 spiro atoms. The topological polar surface area (TPSA) is 43.8 Å². The van der Waals surface area contributed by atoms with E-state index >= 15 is 0 Å². The van der Waals surface area contributed by atoms with Crippen molar-refractivity contribution in [2.75, 3.05) is 5.73 Å². The highest BCUT2D eigenvalue weighted by atomic mass is 15.2. The van der Waals surface area contributed by atoms with Crippen molar-refractivity contribution in [3.05, 3.63) is 83.3 Å². The Bertz CT molecular complexity index is 817. The van der Waals surface area contributed by atoms with Crippen LogP contribution in [0.25, 0.3) is 0 Å². The molecule has 0 radical (unpaired) electrons. The Labute approximate surface area is 143 Å². The second-order valence-corrected chi connectivity index (χ2v) is 6.72. The fourth-order valence-electron chi connectivity index (χ4n) is 3.31. The Balaban J connectivity index is 1.72. The van der Waals surface area contributed by atoms with Crippen LogP contribution in [0.5, 0.6) is 0 Å². The number of imidazole rings is 1. The Kier molecular flexibility index (Phi) is 3.85. The fourth-order valence-corrected chi connectivity index (χ4v) is 3.31.